The van der Waals surface area contributed by atoms with Crippen LogP contribution in [0.4, 0.5) is 0 Å². The Kier molecular flexibility index (Phi) is 6.24. The van der Waals surface area contributed by atoms with Crippen molar-refractivity contribution >= 4 is 21.8 Å². The number of nitrogens with one attached hydrogen (secondary N) is 1. The molecular formula is C17H25BrN2O. The van der Waals surface area contributed by atoms with Crippen LogP contribution in [-0.4, -0.2) is 37.0 Å². The summed E-state index contributed by atoms with van der Waals surface area (Å²) >= 11 is 3.52. The molecule has 1 aliphatic heterocycles. The van der Waals surface area contributed by atoms with E-state index in [0.717, 1.165) is 48.2 Å². The number of nitrogens with zero attached hydrogens (tertiary/aromatic N) is 1. The first-order chi connectivity index (χ1) is 10.1. The van der Waals surface area contributed by atoms with E-state index in [1.54, 1.807) is 0 Å². The van der Waals surface area contributed by atoms with Crippen molar-refractivity contribution in [2.24, 2.45) is 5.92 Å². The zero-order chi connectivity index (χ0) is 15.2. The topological polar surface area (TPSA) is 32.3 Å². The standard InChI is InChI=1S/C17H25BrN2O/c1-3-11-20(12-14-7-9-19-10-8-14)17(21)15-5-4-6-16(18)13(15)2/h4-6,14,19H,3,7-12H2,1-2H3. The van der Waals surface area contributed by atoms with Crippen molar-refractivity contribution in [1.82, 2.24) is 10.2 Å². The lowest BCUT2D eigenvalue weighted by atomic mass is 9.97. The van der Waals surface area contributed by atoms with Crippen molar-refractivity contribution in [3.8, 4) is 0 Å². The predicted molar refractivity (Wildman–Crippen MR) is 90.7 cm³/mol. The van der Waals surface area contributed by atoms with Crippen LogP contribution in [0.2, 0.25) is 0 Å². The molecule has 1 saturated heterocycles. The summed E-state index contributed by atoms with van der Waals surface area (Å²) in [5.41, 5.74) is 1.86. The van der Waals surface area contributed by atoms with Crippen LogP contribution in [0.25, 0.3) is 0 Å². The summed E-state index contributed by atoms with van der Waals surface area (Å²) < 4.78 is 1.01. The van der Waals surface area contributed by atoms with E-state index in [2.05, 4.69) is 28.2 Å². The Balaban J connectivity index is 2.12. The lowest BCUT2D eigenvalue weighted by Gasteiger charge is -2.30. The number of hydrogen-bond donors (Lipinski definition) is 1. The Bertz CT molecular complexity index is 484. The summed E-state index contributed by atoms with van der Waals surface area (Å²) in [4.78, 5) is 14.9. The van der Waals surface area contributed by atoms with E-state index in [0.29, 0.717) is 5.92 Å². The first-order valence-electron chi connectivity index (χ1n) is 7.88. The second-order valence-corrected chi connectivity index (χ2v) is 6.71. The van der Waals surface area contributed by atoms with Crippen molar-refractivity contribution in [3.63, 3.8) is 0 Å². The van der Waals surface area contributed by atoms with Gasteiger partial charge in [0.2, 0.25) is 0 Å². The number of halogens is 1. The third-order valence-electron chi connectivity index (χ3n) is 4.22. The highest BCUT2D eigenvalue weighted by Crippen LogP contribution is 2.22. The molecule has 21 heavy (non-hydrogen) atoms. The molecule has 0 saturated carbocycles. The van der Waals surface area contributed by atoms with E-state index in [4.69, 9.17) is 0 Å². The fourth-order valence-corrected chi connectivity index (χ4v) is 3.30. The fraction of sp³-hybridized carbons (Fsp3) is 0.588. The summed E-state index contributed by atoms with van der Waals surface area (Å²) in [7, 11) is 0. The van der Waals surface area contributed by atoms with E-state index in [-0.39, 0.29) is 5.91 Å². The van der Waals surface area contributed by atoms with Gasteiger partial charge in [0.25, 0.3) is 5.91 Å². The van der Waals surface area contributed by atoms with Gasteiger partial charge in [0.15, 0.2) is 0 Å². The molecule has 1 fully saturated rings. The average Bonchev–Trinajstić information content (AvgIpc) is 2.50. The van der Waals surface area contributed by atoms with Crippen molar-refractivity contribution in [3.05, 3.63) is 33.8 Å². The molecule has 0 bridgehead atoms. The van der Waals surface area contributed by atoms with Crippen molar-refractivity contribution < 1.29 is 4.79 Å². The Morgan fingerprint density at radius 2 is 2.10 bits per heavy atom. The van der Waals surface area contributed by atoms with E-state index in [9.17, 15) is 4.79 Å². The molecule has 1 amide bonds. The Morgan fingerprint density at radius 1 is 1.38 bits per heavy atom. The molecule has 0 unspecified atom stereocenters. The lowest BCUT2D eigenvalue weighted by molar-refractivity contribution is 0.0715. The molecule has 0 atom stereocenters. The van der Waals surface area contributed by atoms with Crippen molar-refractivity contribution in [2.75, 3.05) is 26.2 Å². The summed E-state index contributed by atoms with van der Waals surface area (Å²) in [5, 5.41) is 3.39. The van der Waals surface area contributed by atoms with Gasteiger partial charge in [-0.1, -0.05) is 28.9 Å². The monoisotopic (exact) mass is 352 g/mol. The molecule has 4 heteroatoms. The van der Waals surface area contributed by atoms with E-state index in [1.165, 1.54) is 12.8 Å². The minimum atomic E-state index is 0.175. The van der Waals surface area contributed by atoms with Gasteiger partial charge in [0, 0.05) is 23.1 Å². The zero-order valence-electron chi connectivity index (χ0n) is 13.0. The smallest absolute Gasteiger partial charge is 0.254 e. The quantitative estimate of drug-likeness (QED) is 0.877. The van der Waals surface area contributed by atoms with Crippen LogP contribution in [0.15, 0.2) is 22.7 Å². The number of piperidine rings is 1. The molecule has 1 aromatic carbocycles. The summed E-state index contributed by atoms with van der Waals surface area (Å²) in [5.74, 6) is 0.809. The van der Waals surface area contributed by atoms with Crippen LogP contribution in [0, 0.1) is 12.8 Å². The molecule has 116 valence electrons. The number of benzene rings is 1. The molecule has 0 aliphatic carbocycles. The molecule has 1 N–H and O–H groups in total. The van der Waals surface area contributed by atoms with E-state index in [1.807, 2.05) is 30.0 Å². The molecule has 0 aromatic heterocycles. The third-order valence-corrected chi connectivity index (χ3v) is 5.08. The maximum absolute atomic E-state index is 12.9. The average molecular weight is 353 g/mol. The van der Waals surface area contributed by atoms with Gasteiger partial charge in [0.1, 0.15) is 0 Å². The van der Waals surface area contributed by atoms with Crippen LogP contribution >= 0.6 is 15.9 Å². The van der Waals surface area contributed by atoms with Crippen LogP contribution in [0.1, 0.15) is 42.1 Å². The highest BCUT2D eigenvalue weighted by Gasteiger charge is 2.22. The highest BCUT2D eigenvalue weighted by molar-refractivity contribution is 9.10. The van der Waals surface area contributed by atoms with Gasteiger partial charge < -0.3 is 10.2 Å². The molecule has 3 nitrogen and oxygen atoms in total. The van der Waals surface area contributed by atoms with Gasteiger partial charge in [-0.05, 0) is 62.9 Å². The Hall–Kier alpha value is -0.870. The van der Waals surface area contributed by atoms with E-state index < -0.39 is 0 Å². The highest BCUT2D eigenvalue weighted by atomic mass is 79.9. The summed E-state index contributed by atoms with van der Waals surface area (Å²) in [6, 6.07) is 5.87. The van der Waals surface area contributed by atoms with Gasteiger partial charge in [-0.2, -0.15) is 0 Å². The van der Waals surface area contributed by atoms with Gasteiger partial charge in [-0.3, -0.25) is 4.79 Å². The Labute approximate surface area is 136 Å². The molecule has 1 heterocycles. The van der Waals surface area contributed by atoms with Crippen LogP contribution in [0.3, 0.4) is 0 Å². The van der Waals surface area contributed by atoms with Gasteiger partial charge >= 0.3 is 0 Å². The molecule has 1 aromatic rings. The molecule has 1 aliphatic rings. The van der Waals surface area contributed by atoms with Gasteiger partial charge in [-0.25, -0.2) is 0 Å². The normalized spacial score (nSPS) is 16.0. The maximum Gasteiger partial charge on any atom is 0.254 e. The minimum Gasteiger partial charge on any atom is -0.338 e. The molecule has 2 rings (SSSR count). The van der Waals surface area contributed by atoms with Gasteiger partial charge in [-0.15, -0.1) is 0 Å². The second kappa shape index (κ2) is 7.95. The van der Waals surface area contributed by atoms with Crippen LogP contribution in [0.5, 0.6) is 0 Å². The second-order valence-electron chi connectivity index (χ2n) is 5.86. The molecular weight excluding hydrogens is 328 g/mol. The third kappa shape index (κ3) is 4.30. The van der Waals surface area contributed by atoms with Gasteiger partial charge in [0.05, 0.1) is 0 Å². The lowest BCUT2D eigenvalue weighted by Crippen LogP contribution is -2.40. The van der Waals surface area contributed by atoms with Crippen LogP contribution in [-0.2, 0) is 0 Å². The largest absolute Gasteiger partial charge is 0.338 e. The summed E-state index contributed by atoms with van der Waals surface area (Å²) in [6.07, 6.45) is 3.35. The zero-order valence-corrected chi connectivity index (χ0v) is 14.6. The SMILES string of the molecule is CCCN(CC1CCNCC1)C(=O)c1cccc(Br)c1C. The van der Waals surface area contributed by atoms with Crippen molar-refractivity contribution in [2.45, 2.75) is 33.1 Å². The number of carbonyl (C=O) groups is 1. The van der Waals surface area contributed by atoms with Crippen molar-refractivity contribution in [1.29, 1.82) is 0 Å². The first-order valence-corrected chi connectivity index (χ1v) is 8.68. The number of carbonyl (C=O) groups excluding carboxylic acids is 1. The Morgan fingerprint density at radius 3 is 2.76 bits per heavy atom. The number of amides is 1. The molecule has 0 spiro atoms. The first kappa shape index (κ1) is 16.5. The number of hydrogen-bond acceptors (Lipinski definition) is 2. The van der Waals surface area contributed by atoms with Crippen LogP contribution < -0.4 is 5.32 Å². The fourth-order valence-electron chi connectivity index (χ4n) is 2.93. The van der Waals surface area contributed by atoms with E-state index >= 15 is 0 Å². The minimum absolute atomic E-state index is 0.175. The molecule has 0 radical (unpaired) electrons. The number of rotatable bonds is 5. The summed E-state index contributed by atoms with van der Waals surface area (Å²) in [6.45, 7) is 8.03. The predicted octanol–water partition coefficient (Wildman–Crippen LogP) is 3.61. The maximum atomic E-state index is 12.9.